The number of nitrogens with zero attached hydrogens (tertiary/aromatic N) is 1. The van der Waals surface area contributed by atoms with Gasteiger partial charge in [0.1, 0.15) is 6.04 Å². The molecule has 27 heavy (non-hydrogen) atoms. The molecule has 2 aromatic carbocycles. The average molecular weight is 429 g/mol. The Balaban J connectivity index is 2.28. The van der Waals surface area contributed by atoms with E-state index in [4.69, 9.17) is 23.2 Å². The predicted octanol–water partition coefficient (Wildman–Crippen LogP) is 4.33. The largest absolute Gasteiger partial charge is 0.348 e. The van der Waals surface area contributed by atoms with Crippen LogP contribution in [0.2, 0.25) is 10.0 Å². The van der Waals surface area contributed by atoms with E-state index >= 15 is 0 Å². The maximum atomic E-state index is 12.7. The van der Waals surface area contributed by atoms with Gasteiger partial charge in [0.15, 0.2) is 0 Å². The van der Waals surface area contributed by atoms with Crippen LogP contribution in [0.25, 0.3) is 0 Å². The van der Waals surface area contributed by atoms with Gasteiger partial charge >= 0.3 is 0 Å². The second-order valence-corrected chi connectivity index (χ2v) is 9.24. The first kappa shape index (κ1) is 21.5. The molecule has 2 aromatic rings. The third kappa shape index (κ3) is 5.61. The molecule has 0 spiro atoms. The number of halogens is 2. The summed E-state index contributed by atoms with van der Waals surface area (Å²) in [6.45, 7) is 5.35. The molecule has 0 aliphatic carbocycles. The fraction of sp³-hybridized carbons (Fsp3) is 0.316. The molecule has 0 aromatic heterocycles. The molecule has 2 rings (SSSR count). The number of benzene rings is 2. The monoisotopic (exact) mass is 428 g/mol. The number of carbonyl (C=O) groups excluding carboxylic acids is 1. The smallest absolute Gasteiger partial charge is 0.244 e. The molecule has 5 nitrogen and oxygen atoms in total. The van der Waals surface area contributed by atoms with Crippen molar-refractivity contribution in [1.82, 2.24) is 5.32 Å². The number of carbonyl (C=O) groups is 1. The highest BCUT2D eigenvalue weighted by Gasteiger charge is 2.30. The van der Waals surface area contributed by atoms with Gasteiger partial charge in [0.05, 0.1) is 18.0 Å². The molecule has 1 amide bonds. The summed E-state index contributed by atoms with van der Waals surface area (Å²) in [5, 5.41) is 3.42. The fourth-order valence-corrected chi connectivity index (χ4v) is 4.42. The summed E-state index contributed by atoms with van der Waals surface area (Å²) in [5.74, 6) is -0.426. The van der Waals surface area contributed by atoms with E-state index in [0.29, 0.717) is 0 Å². The van der Waals surface area contributed by atoms with Gasteiger partial charge in [-0.1, -0.05) is 53.0 Å². The molecular weight excluding hydrogens is 407 g/mol. The van der Waals surface area contributed by atoms with Gasteiger partial charge in [-0.2, -0.15) is 0 Å². The lowest BCUT2D eigenvalue weighted by atomic mass is 10.1. The third-order valence-electron chi connectivity index (χ3n) is 4.13. The zero-order valence-electron chi connectivity index (χ0n) is 15.5. The molecule has 1 N–H and O–H groups in total. The zero-order chi connectivity index (χ0) is 20.4. The molecule has 146 valence electrons. The van der Waals surface area contributed by atoms with Gasteiger partial charge in [0.25, 0.3) is 0 Å². The zero-order valence-corrected chi connectivity index (χ0v) is 17.9. The molecule has 0 fully saturated rings. The van der Waals surface area contributed by atoms with Crippen molar-refractivity contribution in [3.05, 3.63) is 63.6 Å². The number of nitrogens with one attached hydrogen (secondary N) is 1. The Bertz CT molecular complexity index is 910. The van der Waals surface area contributed by atoms with E-state index in [1.54, 1.807) is 0 Å². The molecule has 0 radical (unpaired) electrons. The van der Waals surface area contributed by atoms with Crippen molar-refractivity contribution in [3.63, 3.8) is 0 Å². The number of anilines is 1. The second-order valence-electron chi connectivity index (χ2n) is 6.50. The molecule has 0 saturated heterocycles. The van der Waals surface area contributed by atoms with Crippen LogP contribution in [-0.4, -0.2) is 26.6 Å². The average Bonchev–Trinajstić information content (AvgIpc) is 2.53. The van der Waals surface area contributed by atoms with Gasteiger partial charge in [0.2, 0.25) is 15.9 Å². The van der Waals surface area contributed by atoms with E-state index < -0.39 is 22.0 Å². The summed E-state index contributed by atoms with van der Waals surface area (Å²) in [7, 11) is -3.75. The van der Waals surface area contributed by atoms with Gasteiger partial charge in [0, 0.05) is 10.0 Å². The van der Waals surface area contributed by atoms with E-state index in [0.717, 1.165) is 21.7 Å². The Kier molecular flexibility index (Phi) is 6.78. The SMILES string of the molecule is Cc1ccc([C@H](C)NC(=O)[C@@H](C)N(c2cc(Cl)cc(Cl)c2)S(C)(=O)=O)cc1. The number of amides is 1. The van der Waals surface area contributed by atoms with Crippen molar-refractivity contribution >= 4 is 44.8 Å². The lowest BCUT2D eigenvalue weighted by Gasteiger charge is -2.29. The van der Waals surface area contributed by atoms with E-state index in [1.165, 1.54) is 25.1 Å². The quantitative estimate of drug-likeness (QED) is 0.743. The summed E-state index contributed by atoms with van der Waals surface area (Å²) in [6, 6.07) is 10.9. The number of rotatable bonds is 6. The van der Waals surface area contributed by atoms with Gasteiger partial charge in [-0.15, -0.1) is 0 Å². The van der Waals surface area contributed by atoms with Gasteiger partial charge in [-0.05, 0) is 44.5 Å². The van der Waals surface area contributed by atoms with Crippen LogP contribution in [0.3, 0.4) is 0 Å². The van der Waals surface area contributed by atoms with Crippen molar-refractivity contribution in [2.45, 2.75) is 32.9 Å². The van der Waals surface area contributed by atoms with E-state index in [-0.39, 0.29) is 21.8 Å². The van der Waals surface area contributed by atoms with Crippen LogP contribution in [0, 0.1) is 6.92 Å². The Labute approximate surface area is 170 Å². The summed E-state index contributed by atoms with van der Waals surface area (Å²) in [6.07, 6.45) is 1.04. The summed E-state index contributed by atoms with van der Waals surface area (Å²) < 4.78 is 25.7. The first-order chi connectivity index (χ1) is 12.5. The van der Waals surface area contributed by atoms with Crippen LogP contribution in [0.4, 0.5) is 5.69 Å². The Morgan fingerprint density at radius 2 is 1.56 bits per heavy atom. The highest BCUT2D eigenvalue weighted by atomic mass is 35.5. The van der Waals surface area contributed by atoms with Crippen molar-refractivity contribution < 1.29 is 13.2 Å². The fourth-order valence-electron chi connectivity index (χ4n) is 2.75. The third-order valence-corrected chi connectivity index (χ3v) is 5.80. The normalized spacial score (nSPS) is 13.7. The molecule has 0 saturated carbocycles. The molecule has 0 bridgehead atoms. The van der Waals surface area contributed by atoms with Crippen LogP contribution in [0.1, 0.15) is 31.0 Å². The number of aryl methyl sites for hydroxylation is 1. The van der Waals surface area contributed by atoms with Crippen LogP contribution in [0.5, 0.6) is 0 Å². The summed E-state index contributed by atoms with van der Waals surface area (Å²) in [4.78, 5) is 12.7. The maximum absolute atomic E-state index is 12.7. The Morgan fingerprint density at radius 1 is 1.04 bits per heavy atom. The van der Waals surface area contributed by atoms with Gasteiger partial charge in [-0.25, -0.2) is 8.42 Å². The van der Waals surface area contributed by atoms with E-state index in [9.17, 15) is 13.2 Å². The van der Waals surface area contributed by atoms with Crippen molar-refractivity contribution in [2.24, 2.45) is 0 Å². The minimum Gasteiger partial charge on any atom is -0.348 e. The lowest BCUT2D eigenvalue weighted by Crippen LogP contribution is -2.48. The highest BCUT2D eigenvalue weighted by Crippen LogP contribution is 2.28. The van der Waals surface area contributed by atoms with Crippen LogP contribution in [0.15, 0.2) is 42.5 Å². The highest BCUT2D eigenvalue weighted by molar-refractivity contribution is 7.92. The van der Waals surface area contributed by atoms with Gasteiger partial charge in [-0.3, -0.25) is 9.10 Å². The van der Waals surface area contributed by atoms with Crippen LogP contribution >= 0.6 is 23.2 Å². The summed E-state index contributed by atoms with van der Waals surface area (Å²) >= 11 is 12.0. The molecule has 2 atom stereocenters. The van der Waals surface area contributed by atoms with Crippen LogP contribution < -0.4 is 9.62 Å². The molecule has 0 aliphatic rings. The van der Waals surface area contributed by atoms with Crippen molar-refractivity contribution in [2.75, 3.05) is 10.6 Å². The first-order valence-corrected chi connectivity index (χ1v) is 10.9. The molecule has 0 unspecified atom stereocenters. The second kappa shape index (κ2) is 8.50. The molecule has 0 heterocycles. The predicted molar refractivity (Wildman–Crippen MR) is 111 cm³/mol. The van der Waals surface area contributed by atoms with E-state index in [2.05, 4.69) is 5.32 Å². The molecule has 8 heteroatoms. The number of hydrogen-bond donors (Lipinski definition) is 1. The summed E-state index contributed by atoms with van der Waals surface area (Å²) in [5.41, 5.74) is 2.28. The number of hydrogen-bond acceptors (Lipinski definition) is 3. The maximum Gasteiger partial charge on any atom is 0.244 e. The Hall–Kier alpha value is -1.76. The minimum atomic E-state index is -3.75. The number of sulfonamides is 1. The standard InChI is InChI=1S/C19H22Cl2N2O3S/c1-12-5-7-15(8-6-12)13(2)22-19(24)14(3)23(27(4,25)26)18-10-16(20)9-17(21)11-18/h5-11,13-14H,1-4H3,(H,22,24)/t13-,14+/m0/s1. The topological polar surface area (TPSA) is 66.5 Å². The molecular formula is C19H22Cl2N2O3S. The van der Waals surface area contributed by atoms with E-state index in [1.807, 2.05) is 38.1 Å². The molecule has 0 aliphatic heterocycles. The van der Waals surface area contributed by atoms with Gasteiger partial charge < -0.3 is 5.32 Å². The minimum absolute atomic E-state index is 0.237. The Morgan fingerprint density at radius 3 is 2.04 bits per heavy atom. The van der Waals surface area contributed by atoms with Crippen molar-refractivity contribution in [1.29, 1.82) is 0 Å². The lowest BCUT2D eigenvalue weighted by molar-refractivity contribution is -0.122. The van der Waals surface area contributed by atoms with Crippen LogP contribution in [-0.2, 0) is 14.8 Å². The van der Waals surface area contributed by atoms with Crippen molar-refractivity contribution in [3.8, 4) is 0 Å². The first-order valence-electron chi connectivity index (χ1n) is 8.31.